The number of nitrogens with zero attached hydrogens (tertiary/aromatic N) is 3. The molecule has 0 aliphatic rings. The summed E-state index contributed by atoms with van der Waals surface area (Å²) in [6.07, 6.45) is 0. The number of aromatic nitrogens is 4. The summed E-state index contributed by atoms with van der Waals surface area (Å²) >= 11 is 5.22. The number of nitrogens with one attached hydrogen (secondary N) is 1. The monoisotopic (exact) mass is 246 g/mol. The van der Waals surface area contributed by atoms with Gasteiger partial charge in [0.2, 0.25) is 4.77 Å². The molecule has 6 heteroatoms. The second-order valence-corrected chi connectivity index (χ2v) is 4.04. The Hall–Kier alpha value is -1.79. The van der Waals surface area contributed by atoms with E-state index in [9.17, 15) is 0 Å². The van der Waals surface area contributed by atoms with Crippen molar-refractivity contribution >= 4 is 28.8 Å². The Kier molecular flexibility index (Phi) is 2.38. The minimum atomic E-state index is 0.421. The third-order valence-corrected chi connectivity index (χ3v) is 2.80. The number of ether oxygens (including phenoxy) is 1. The molecule has 0 spiro atoms. The summed E-state index contributed by atoms with van der Waals surface area (Å²) < 4.78 is 7.21. The summed E-state index contributed by atoms with van der Waals surface area (Å²) in [5.41, 5.74) is 1.64. The predicted octanol–water partition coefficient (Wildman–Crippen LogP) is 2.09. The van der Waals surface area contributed by atoms with Gasteiger partial charge in [0.05, 0.1) is 5.52 Å². The number of benzene rings is 1. The Bertz CT molecular complexity index is 746. The van der Waals surface area contributed by atoms with Crippen LogP contribution in [0.15, 0.2) is 24.3 Å². The number of hydrogen-bond donors (Lipinski definition) is 1. The van der Waals surface area contributed by atoms with Gasteiger partial charge in [0.15, 0.2) is 5.65 Å². The van der Waals surface area contributed by atoms with Crippen LogP contribution in [0.5, 0.6) is 0 Å². The maximum absolute atomic E-state index is 5.22. The molecule has 86 valence electrons. The molecule has 0 unspecified atom stereocenters. The summed E-state index contributed by atoms with van der Waals surface area (Å²) in [4.78, 5) is 8.81. The SMILES string of the molecule is COCc1nc2c3ccccc3nc(=S)n2[nH]1. The van der Waals surface area contributed by atoms with Crippen LogP contribution in [0.4, 0.5) is 0 Å². The van der Waals surface area contributed by atoms with E-state index < -0.39 is 0 Å². The molecule has 3 aromatic rings. The van der Waals surface area contributed by atoms with Gasteiger partial charge < -0.3 is 4.74 Å². The van der Waals surface area contributed by atoms with E-state index in [1.54, 1.807) is 11.6 Å². The van der Waals surface area contributed by atoms with Crippen molar-refractivity contribution in [3.63, 3.8) is 0 Å². The molecular weight excluding hydrogens is 236 g/mol. The molecule has 1 aromatic carbocycles. The number of para-hydroxylation sites is 1. The largest absolute Gasteiger partial charge is 0.377 e. The maximum Gasteiger partial charge on any atom is 0.221 e. The Balaban J connectivity index is 2.43. The van der Waals surface area contributed by atoms with Gasteiger partial charge >= 0.3 is 0 Å². The Morgan fingerprint density at radius 1 is 1.35 bits per heavy atom. The zero-order valence-corrected chi connectivity index (χ0v) is 9.99. The predicted molar refractivity (Wildman–Crippen MR) is 66.4 cm³/mol. The lowest BCUT2D eigenvalue weighted by molar-refractivity contribution is 0.178. The highest BCUT2D eigenvalue weighted by molar-refractivity contribution is 7.71. The molecular formula is C11H10N4OS. The van der Waals surface area contributed by atoms with E-state index in [4.69, 9.17) is 17.0 Å². The third kappa shape index (κ3) is 1.62. The highest BCUT2D eigenvalue weighted by atomic mass is 32.1. The molecule has 0 amide bonds. The Morgan fingerprint density at radius 3 is 3.00 bits per heavy atom. The fraction of sp³-hybridized carbons (Fsp3) is 0.182. The standard InChI is InChI=1S/C11H10N4OS/c1-16-6-9-13-10-7-4-2-3-5-8(7)12-11(17)15(10)14-9/h2-5H,6H2,1H3,(H,13,14). The van der Waals surface area contributed by atoms with Crippen LogP contribution in [-0.4, -0.2) is 26.7 Å². The quantitative estimate of drug-likeness (QED) is 0.703. The molecule has 0 bridgehead atoms. The molecule has 3 rings (SSSR count). The molecule has 0 saturated heterocycles. The van der Waals surface area contributed by atoms with E-state index in [2.05, 4.69) is 15.1 Å². The molecule has 2 heterocycles. The summed E-state index contributed by atoms with van der Waals surface area (Å²) in [6.45, 7) is 0.421. The van der Waals surface area contributed by atoms with E-state index in [0.29, 0.717) is 11.4 Å². The van der Waals surface area contributed by atoms with Gasteiger partial charge in [-0.25, -0.2) is 14.5 Å². The van der Waals surface area contributed by atoms with Crippen LogP contribution in [0.3, 0.4) is 0 Å². The fourth-order valence-electron chi connectivity index (χ4n) is 1.82. The van der Waals surface area contributed by atoms with E-state index in [1.165, 1.54) is 0 Å². The third-order valence-electron chi connectivity index (χ3n) is 2.53. The second-order valence-electron chi connectivity index (χ2n) is 3.67. The van der Waals surface area contributed by atoms with Crippen molar-refractivity contribution in [3.05, 3.63) is 34.9 Å². The van der Waals surface area contributed by atoms with E-state index in [0.717, 1.165) is 22.4 Å². The number of hydrogen-bond acceptors (Lipinski definition) is 4. The van der Waals surface area contributed by atoms with Crippen molar-refractivity contribution in [1.82, 2.24) is 19.6 Å². The van der Waals surface area contributed by atoms with Crippen molar-refractivity contribution in [2.45, 2.75) is 6.61 Å². The van der Waals surface area contributed by atoms with Crippen molar-refractivity contribution < 1.29 is 4.74 Å². The molecule has 17 heavy (non-hydrogen) atoms. The van der Waals surface area contributed by atoms with Crippen LogP contribution in [0, 0.1) is 4.77 Å². The molecule has 0 fully saturated rings. The second kappa shape index (κ2) is 3.90. The van der Waals surface area contributed by atoms with Gasteiger partial charge in [0.1, 0.15) is 12.4 Å². The van der Waals surface area contributed by atoms with Crippen molar-refractivity contribution in [1.29, 1.82) is 0 Å². The van der Waals surface area contributed by atoms with Gasteiger partial charge in [-0.15, -0.1) is 0 Å². The number of fused-ring (bicyclic) bond motifs is 3. The summed E-state index contributed by atoms with van der Waals surface area (Å²) in [6, 6.07) is 7.79. The van der Waals surface area contributed by atoms with Gasteiger partial charge in [0.25, 0.3) is 0 Å². The molecule has 1 N–H and O–H groups in total. The molecule has 0 aliphatic heterocycles. The lowest BCUT2D eigenvalue weighted by Crippen LogP contribution is -1.95. The zero-order chi connectivity index (χ0) is 11.8. The minimum Gasteiger partial charge on any atom is -0.377 e. The first-order valence-electron chi connectivity index (χ1n) is 5.15. The van der Waals surface area contributed by atoms with Crippen LogP contribution >= 0.6 is 12.2 Å². The average Bonchev–Trinajstić information content (AvgIpc) is 2.74. The number of methoxy groups -OCH3 is 1. The van der Waals surface area contributed by atoms with Gasteiger partial charge in [-0.05, 0) is 24.4 Å². The van der Waals surface area contributed by atoms with E-state index in [-0.39, 0.29) is 0 Å². The highest BCUT2D eigenvalue weighted by Crippen LogP contribution is 2.16. The van der Waals surface area contributed by atoms with Crippen LogP contribution in [0.1, 0.15) is 5.82 Å². The fourth-order valence-corrected chi connectivity index (χ4v) is 2.05. The van der Waals surface area contributed by atoms with E-state index in [1.807, 2.05) is 24.3 Å². The number of aromatic amines is 1. The Labute approximate surface area is 102 Å². The van der Waals surface area contributed by atoms with E-state index >= 15 is 0 Å². The van der Waals surface area contributed by atoms with Crippen molar-refractivity contribution in [2.75, 3.05) is 7.11 Å². The molecule has 0 atom stereocenters. The Morgan fingerprint density at radius 2 is 2.18 bits per heavy atom. The first kappa shape index (κ1) is 10.4. The zero-order valence-electron chi connectivity index (χ0n) is 9.17. The van der Waals surface area contributed by atoms with Crippen LogP contribution < -0.4 is 0 Å². The first-order valence-corrected chi connectivity index (χ1v) is 5.56. The number of rotatable bonds is 2. The minimum absolute atomic E-state index is 0.421. The summed E-state index contributed by atoms with van der Waals surface area (Å²) in [5.74, 6) is 0.733. The average molecular weight is 246 g/mol. The molecule has 0 saturated carbocycles. The van der Waals surface area contributed by atoms with Crippen LogP contribution in [0.25, 0.3) is 16.6 Å². The molecule has 5 nitrogen and oxygen atoms in total. The molecule has 2 aromatic heterocycles. The lowest BCUT2D eigenvalue weighted by Gasteiger charge is -1.98. The van der Waals surface area contributed by atoms with Gasteiger partial charge in [-0.2, -0.15) is 0 Å². The van der Waals surface area contributed by atoms with Crippen molar-refractivity contribution in [2.24, 2.45) is 0 Å². The van der Waals surface area contributed by atoms with Gasteiger partial charge in [-0.1, -0.05) is 12.1 Å². The summed E-state index contributed by atoms with van der Waals surface area (Å²) in [7, 11) is 1.63. The van der Waals surface area contributed by atoms with Crippen molar-refractivity contribution in [3.8, 4) is 0 Å². The number of H-pyrrole nitrogens is 1. The topological polar surface area (TPSA) is 55.2 Å². The molecule has 0 radical (unpaired) electrons. The first-order chi connectivity index (χ1) is 8.29. The van der Waals surface area contributed by atoms with Crippen LogP contribution in [0.2, 0.25) is 0 Å². The lowest BCUT2D eigenvalue weighted by atomic mass is 10.2. The highest BCUT2D eigenvalue weighted by Gasteiger charge is 2.07. The maximum atomic E-state index is 5.22. The molecule has 0 aliphatic carbocycles. The van der Waals surface area contributed by atoms with Crippen LogP contribution in [-0.2, 0) is 11.3 Å². The van der Waals surface area contributed by atoms with Gasteiger partial charge in [0, 0.05) is 12.5 Å². The smallest absolute Gasteiger partial charge is 0.221 e. The summed E-state index contributed by atoms with van der Waals surface area (Å²) in [5, 5.41) is 4.04. The normalized spacial score (nSPS) is 11.4. The van der Waals surface area contributed by atoms with Gasteiger partial charge in [-0.3, -0.25) is 5.10 Å².